The van der Waals surface area contributed by atoms with Gasteiger partial charge in [-0.1, -0.05) is 12.1 Å². The molecule has 0 aliphatic heterocycles. The molecule has 0 saturated heterocycles. The van der Waals surface area contributed by atoms with Gasteiger partial charge in [0, 0.05) is 42.0 Å². The lowest BCUT2D eigenvalue weighted by Crippen LogP contribution is -2.40. The van der Waals surface area contributed by atoms with E-state index in [2.05, 4.69) is 15.3 Å². The Bertz CT molecular complexity index is 886. The van der Waals surface area contributed by atoms with Crippen LogP contribution in [0.25, 0.3) is 17.1 Å². The molecule has 0 aliphatic carbocycles. The van der Waals surface area contributed by atoms with E-state index in [9.17, 15) is 9.18 Å². The highest BCUT2D eigenvalue weighted by atomic mass is 19.1. The van der Waals surface area contributed by atoms with E-state index in [0.717, 1.165) is 22.2 Å². The first-order chi connectivity index (χ1) is 12.2. The molecule has 4 N–H and O–H groups in total. The highest BCUT2D eigenvalue weighted by molar-refractivity contribution is 5.95. The minimum atomic E-state index is -0.284. The molecule has 3 aromatic rings. The monoisotopic (exact) mass is 338 g/mol. The number of H-pyrrole nitrogens is 1. The first kappa shape index (κ1) is 16.9. The van der Waals surface area contributed by atoms with Crippen LogP contribution in [-0.2, 0) is 11.2 Å². The number of nitrogens with zero attached hydrogens (tertiary/aromatic N) is 1. The van der Waals surface area contributed by atoms with Crippen LogP contribution in [0.5, 0.6) is 0 Å². The fraction of sp³-hybridized carbons (Fsp3) is 0.158. The average molecular weight is 338 g/mol. The second-order valence-electron chi connectivity index (χ2n) is 5.75. The first-order valence-electron chi connectivity index (χ1n) is 8.01. The summed E-state index contributed by atoms with van der Waals surface area (Å²) in [6.45, 7) is 0.300. The molecule has 0 spiro atoms. The van der Waals surface area contributed by atoms with Crippen molar-refractivity contribution in [2.24, 2.45) is 5.73 Å². The summed E-state index contributed by atoms with van der Waals surface area (Å²) in [6, 6.07) is 9.75. The van der Waals surface area contributed by atoms with Gasteiger partial charge in [-0.25, -0.2) is 9.37 Å². The molecule has 0 unspecified atom stereocenters. The van der Waals surface area contributed by atoms with Crippen molar-refractivity contribution in [2.45, 2.75) is 12.5 Å². The Morgan fingerprint density at radius 1 is 1.32 bits per heavy atom. The van der Waals surface area contributed by atoms with E-state index in [1.807, 2.05) is 12.1 Å². The summed E-state index contributed by atoms with van der Waals surface area (Å²) < 4.78 is 13.0. The van der Waals surface area contributed by atoms with Crippen molar-refractivity contribution in [2.75, 3.05) is 6.54 Å². The second kappa shape index (κ2) is 7.72. The highest BCUT2D eigenvalue weighted by Gasteiger charge is 2.10. The number of benzene rings is 1. The number of halogens is 1. The Morgan fingerprint density at radius 3 is 2.88 bits per heavy atom. The van der Waals surface area contributed by atoms with E-state index >= 15 is 0 Å². The molecular formula is C19H19FN4O. The molecule has 25 heavy (non-hydrogen) atoms. The van der Waals surface area contributed by atoms with Gasteiger partial charge in [-0.05, 0) is 42.3 Å². The molecule has 128 valence electrons. The van der Waals surface area contributed by atoms with E-state index in [1.54, 1.807) is 30.6 Å². The van der Waals surface area contributed by atoms with Gasteiger partial charge in [0.2, 0.25) is 5.91 Å². The number of fused-ring (bicyclic) bond motifs is 1. The molecule has 0 bridgehead atoms. The number of amides is 1. The van der Waals surface area contributed by atoms with Crippen molar-refractivity contribution in [3.8, 4) is 0 Å². The van der Waals surface area contributed by atoms with Crippen LogP contribution in [0.15, 0.2) is 54.9 Å². The number of hydrogen-bond acceptors (Lipinski definition) is 3. The van der Waals surface area contributed by atoms with Gasteiger partial charge in [0.25, 0.3) is 0 Å². The number of nitrogens with two attached hydrogens (primary N) is 1. The largest absolute Gasteiger partial charge is 0.348 e. The predicted molar refractivity (Wildman–Crippen MR) is 96.2 cm³/mol. The Labute approximate surface area is 144 Å². The summed E-state index contributed by atoms with van der Waals surface area (Å²) in [6.07, 6.45) is 7.28. The Morgan fingerprint density at radius 2 is 2.12 bits per heavy atom. The molecule has 0 fully saturated rings. The first-order valence-corrected chi connectivity index (χ1v) is 8.01. The van der Waals surface area contributed by atoms with Crippen LogP contribution in [-0.4, -0.2) is 28.5 Å². The number of rotatable bonds is 6. The summed E-state index contributed by atoms with van der Waals surface area (Å²) in [5.41, 5.74) is 8.32. The van der Waals surface area contributed by atoms with Crippen molar-refractivity contribution in [3.05, 3.63) is 71.8 Å². The standard InChI is InChI=1S/C19H19FN4O/c20-15-6-3-13(4-7-15)10-16(11-21)24-18(25)8-5-14-12-23-19-17(14)2-1-9-22-19/h1-9,12,16H,10-11,21H2,(H,22,23)(H,24,25)/t16-/m0/s1. The van der Waals surface area contributed by atoms with Gasteiger partial charge in [-0.15, -0.1) is 0 Å². The van der Waals surface area contributed by atoms with Crippen LogP contribution in [0, 0.1) is 5.82 Å². The SMILES string of the molecule is NC[C@H](Cc1ccc(F)cc1)NC(=O)C=Cc1c[nH]c2ncccc12. The van der Waals surface area contributed by atoms with Gasteiger partial charge in [-0.2, -0.15) is 0 Å². The summed E-state index contributed by atoms with van der Waals surface area (Å²) >= 11 is 0. The van der Waals surface area contributed by atoms with Gasteiger partial charge < -0.3 is 16.0 Å². The smallest absolute Gasteiger partial charge is 0.244 e. The lowest BCUT2D eigenvalue weighted by molar-refractivity contribution is -0.117. The van der Waals surface area contributed by atoms with E-state index in [1.165, 1.54) is 18.2 Å². The van der Waals surface area contributed by atoms with E-state index < -0.39 is 0 Å². The van der Waals surface area contributed by atoms with Gasteiger partial charge in [-0.3, -0.25) is 4.79 Å². The molecule has 5 nitrogen and oxygen atoms in total. The fourth-order valence-electron chi connectivity index (χ4n) is 2.63. The predicted octanol–water partition coefficient (Wildman–Crippen LogP) is 2.40. The topological polar surface area (TPSA) is 83.8 Å². The summed E-state index contributed by atoms with van der Waals surface area (Å²) in [4.78, 5) is 19.4. The average Bonchev–Trinajstić information content (AvgIpc) is 3.04. The maximum absolute atomic E-state index is 13.0. The lowest BCUT2D eigenvalue weighted by atomic mass is 10.1. The third-order valence-electron chi connectivity index (χ3n) is 3.92. The van der Waals surface area contributed by atoms with Gasteiger partial charge in [0.15, 0.2) is 0 Å². The number of pyridine rings is 1. The summed E-state index contributed by atoms with van der Waals surface area (Å²) in [7, 11) is 0. The van der Waals surface area contributed by atoms with Crippen LogP contribution >= 0.6 is 0 Å². The quantitative estimate of drug-likeness (QED) is 0.604. The van der Waals surface area contributed by atoms with Gasteiger partial charge in [0.1, 0.15) is 11.5 Å². The highest BCUT2D eigenvalue weighted by Crippen LogP contribution is 2.16. The van der Waals surface area contributed by atoms with E-state index in [4.69, 9.17) is 5.73 Å². The number of carbonyl (C=O) groups is 1. The van der Waals surface area contributed by atoms with E-state index in [0.29, 0.717) is 13.0 Å². The maximum Gasteiger partial charge on any atom is 0.244 e. The third kappa shape index (κ3) is 4.30. The summed E-state index contributed by atoms with van der Waals surface area (Å²) in [5.74, 6) is -0.510. The summed E-state index contributed by atoms with van der Waals surface area (Å²) in [5, 5.41) is 3.82. The normalized spacial score (nSPS) is 12.6. The molecule has 1 atom stereocenters. The number of carbonyl (C=O) groups excluding carboxylic acids is 1. The lowest BCUT2D eigenvalue weighted by Gasteiger charge is -2.15. The molecule has 2 aromatic heterocycles. The van der Waals surface area contributed by atoms with Crippen molar-refractivity contribution >= 4 is 23.0 Å². The van der Waals surface area contributed by atoms with Crippen LogP contribution in [0.1, 0.15) is 11.1 Å². The zero-order chi connectivity index (χ0) is 17.6. The molecular weight excluding hydrogens is 319 g/mol. The van der Waals surface area contributed by atoms with Gasteiger partial charge in [0.05, 0.1) is 0 Å². The maximum atomic E-state index is 13.0. The van der Waals surface area contributed by atoms with Crippen LogP contribution in [0.2, 0.25) is 0 Å². The minimum absolute atomic E-state index is 0.216. The Kier molecular flexibility index (Phi) is 5.20. The molecule has 0 aliphatic rings. The Hall–Kier alpha value is -2.99. The van der Waals surface area contributed by atoms with Crippen LogP contribution in [0.3, 0.4) is 0 Å². The van der Waals surface area contributed by atoms with Crippen molar-refractivity contribution in [1.82, 2.24) is 15.3 Å². The van der Waals surface area contributed by atoms with Crippen LogP contribution in [0.4, 0.5) is 4.39 Å². The van der Waals surface area contributed by atoms with Crippen molar-refractivity contribution in [1.29, 1.82) is 0 Å². The molecule has 6 heteroatoms. The number of aromatic nitrogens is 2. The molecule has 0 saturated carbocycles. The minimum Gasteiger partial charge on any atom is -0.348 e. The number of nitrogens with one attached hydrogen (secondary N) is 2. The van der Waals surface area contributed by atoms with Gasteiger partial charge >= 0.3 is 0 Å². The second-order valence-corrected chi connectivity index (χ2v) is 5.75. The van der Waals surface area contributed by atoms with Crippen molar-refractivity contribution < 1.29 is 9.18 Å². The zero-order valence-corrected chi connectivity index (χ0v) is 13.6. The van der Waals surface area contributed by atoms with E-state index in [-0.39, 0.29) is 17.8 Å². The molecule has 0 radical (unpaired) electrons. The molecule has 2 heterocycles. The van der Waals surface area contributed by atoms with Crippen molar-refractivity contribution in [3.63, 3.8) is 0 Å². The fourth-order valence-corrected chi connectivity index (χ4v) is 2.63. The number of hydrogen-bond donors (Lipinski definition) is 3. The Balaban J connectivity index is 1.63. The molecule has 3 rings (SSSR count). The number of aromatic amines is 1. The third-order valence-corrected chi connectivity index (χ3v) is 3.92. The van der Waals surface area contributed by atoms with Crippen LogP contribution < -0.4 is 11.1 Å². The zero-order valence-electron chi connectivity index (χ0n) is 13.6. The molecule has 1 aromatic carbocycles. The molecule has 1 amide bonds.